The molecule has 5 nitrogen and oxygen atoms in total. The molecule has 2 aromatic carbocycles. The molecule has 1 heterocycles. The minimum Gasteiger partial charge on any atom is -0.375 e. The fraction of sp³-hybridized carbons (Fsp3) is 0.273. The highest BCUT2D eigenvalue weighted by molar-refractivity contribution is 5.81. The molecule has 1 N–H and O–H groups in total. The van der Waals surface area contributed by atoms with Crippen LogP contribution < -0.4 is 5.32 Å². The number of hydrogen-bond acceptors (Lipinski definition) is 4. The van der Waals surface area contributed by atoms with Gasteiger partial charge in [-0.25, -0.2) is 0 Å². The third kappa shape index (κ3) is 5.44. The second-order valence-corrected chi connectivity index (χ2v) is 6.51. The van der Waals surface area contributed by atoms with Crippen LogP contribution in [0.1, 0.15) is 11.1 Å². The van der Waals surface area contributed by atoms with E-state index in [1.165, 1.54) is 5.56 Å². The molecule has 138 valence electrons. The highest BCUT2D eigenvalue weighted by atomic mass is 16.2. The van der Waals surface area contributed by atoms with Gasteiger partial charge in [-0.1, -0.05) is 54.6 Å². The highest BCUT2D eigenvalue weighted by Gasteiger charge is 2.20. The predicted molar refractivity (Wildman–Crippen MR) is 108 cm³/mol. The minimum absolute atomic E-state index is 0.0715. The van der Waals surface area contributed by atoms with E-state index in [0.717, 1.165) is 32.7 Å². The summed E-state index contributed by atoms with van der Waals surface area (Å²) in [5.41, 5.74) is 2.47. The molecule has 3 rings (SSSR count). The molecule has 1 fully saturated rings. The second kappa shape index (κ2) is 9.56. The Kier molecular flexibility index (Phi) is 6.61. The number of hydrogen-bond donors (Lipinski definition) is 1. The number of rotatable bonds is 6. The smallest absolute Gasteiger partial charge is 0.241 e. The Morgan fingerprint density at radius 1 is 1.04 bits per heavy atom. The minimum atomic E-state index is 0.0715. The normalized spacial score (nSPS) is 14.9. The van der Waals surface area contributed by atoms with Gasteiger partial charge in [0.2, 0.25) is 5.91 Å². The molecule has 1 saturated heterocycles. The molecule has 27 heavy (non-hydrogen) atoms. The van der Waals surface area contributed by atoms with E-state index >= 15 is 0 Å². The lowest BCUT2D eigenvalue weighted by molar-refractivity contribution is -0.130. The number of carbonyl (C=O) groups is 1. The third-order valence-corrected chi connectivity index (χ3v) is 4.68. The molecule has 1 aliphatic rings. The molecular formula is C22H24N4O. The van der Waals surface area contributed by atoms with Crippen LogP contribution in [0.15, 0.2) is 60.7 Å². The van der Waals surface area contributed by atoms with Crippen LogP contribution in [0.5, 0.6) is 0 Å². The lowest BCUT2D eigenvalue weighted by atomic mass is 10.2. The van der Waals surface area contributed by atoms with Gasteiger partial charge in [0.15, 0.2) is 0 Å². The van der Waals surface area contributed by atoms with Gasteiger partial charge in [0.25, 0.3) is 0 Å². The summed E-state index contributed by atoms with van der Waals surface area (Å²) < 4.78 is 0. The molecule has 1 aliphatic heterocycles. The monoisotopic (exact) mass is 360 g/mol. The summed E-state index contributed by atoms with van der Waals surface area (Å²) >= 11 is 0. The lowest BCUT2D eigenvalue weighted by Crippen LogP contribution is -2.50. The summed E-state index contributed by atoms with van der Waals surface area (Å²) in [7, 11) is 0. The van der Waals surface area contributed by atoms with Crippen molar-refractivity contribution >= 4 is 17.7 Å². The molecule has 2 aromatic rings. The third-order valence-electron chi connectivity index (χ3n) is 4.68. The van der Waals surface area contributed by atoms with Crippen LogP contribution in [0.3, 0.4) is 0 Å². The molecule has 1 amide bonds. The molecule has 0 bridgehead atoms. The number of amides is 1. The summed E-state index contributed by atoms with van der Waals surface area (Å²) in [5.74, 6) is 0.0715. The van der Waals surface area contributed by atoms with Crippen LogP contribution in [0.4, 0.5) is 5.69 Å². The zero-order valence-electron chi connectivity index (χ0n) is 15.3. The zero-order valence-corrected chi connectivity index (χ0v) is 15.3. The number of nitrogens with zero attached hydrogens (tertiary/aromatic N) is 3. The van der Waals surface area contributed by atoms with E-state index in [-0.39, 0.29) is 12.5 Å². The Morgan fingerprint density at radius 2 is 1.74 bits per heavy atom. The van der Waals surface area contributed by atoms with Crippen LogP contribution in [-0.4, -0.2) is 55.0 Å². The Balaban J connectivity index is 1.41. The quantitative estimate of drug-likeness (QED) is 0.861. The van der Waals surface area contributed by atoms with Gasteiger partial charge in [-0.2, -0.15) is 5.26 Å². The summed E-state index contributed by atoms with van der Waals surface area (Å²) in [4.78, 5) is 16.7. The van der Waals surface area contributed by atoms with E-state index in [1.54, 1.807) is 6.07 Å². The molecule has 5 heteroatoms. The number of para-hydroxylation sites is 1. The maximum atomic E-state index is 12.4. The molecule has 0 saturated carbocycles. The van der Waals surface area contributed by atoms with E-state index in [4.69, 9.17) is 5.26 Å². The van der Waals surface area contributed by atoms with Crippen molar-refractivity contribution in [1.29, 1.82) is 5.26 Å². The van der Waals surface area contributed by atoms with Crippen molar-refractivity contribution in [2.75, 3.05) is 44.6 Å². The number of anilines is 1. The summed E-state index contributed by atoms with van der Waals surface area (Å²) in [6.45, 7) is 4.33. The molecule has 0 unspecified atom stereocenters. The number of nitriles is 1. The van der Waals surface area contributed by atoms with Gasteiger partial charge < -0.3 is 10.2 Å². The second-order valence-electron chi connectivity index (χ2n) is 6.51. The number of piperazine rings is 1. The topological polar surface area (TPSA) is 59.4 Å². The standard InChI is InChI=1S/C22H24N4O/c23-17-20-10-4-5-11-21(20)24-18-22(27)26-15-13-25(14-16-26)12-6-9-19-7-2-1-3-8-19/h1-11,24H,12-16,18H2/b9-6+. The van der Waals surface area contributed by atoms with E-state index in [2.05, 4.69) is 40.6 Å². The van der Waals surface area contributed by atoms with Crippen LogP contribution in [0.2, 0.25) is 0 Å². The van der Waals surface area contributed by atoms with Crippen LogP contribution >= 0.6 is 0 Å². The summed E-state index contributed by atoms with van der Waals surface area (Å²) in [6.07, 6.45) is 4.31. The average molecular weight is 360 g/mol. The molecule has 0 aliphatic carbocycles. The molecular weight excluding hydrogens is 336 g/mol. The Hall–Kier alpha value is -3.10. The fourth-order valence-corrected chi connectivity index (χ4v) is 3.10. The first-order chi connectivity index (χ1) is 13.3. The van der Waals surface area contributed by atoms with Crippen molar-refractivity contribution in [2.45, 2.75) is 0 Å². The van der Waals surface area contributed by atoms with Crippen molar-refractivity contribution in [1.82, 2.24) is 9.80 Å². The first-order valence-corrected chi connectivity index (χ1v) is 9.21. The maximum Gasteiger partial charge on any atom is 0.241 e. The summed E-state index contributed by atoms with van der Waals surface area (Å²) in [6, 6.07) is 19.6. The van der Waals surface area contributed by atoms with Gasteiger partial charge in [0.1, 0.15) is 6.07 Å². The first kappa shape index (κ1) is 18.7. The van der Waals surface area contributed by atoms with Crippen molar-refractivity contribution in [3.8, 4) is 6.07 Å². The molecule has 0 radical (unpaired) electrons. The number of benzene rings is 2. The van der Waals surface area contributed by atoms with E-state index in [0.29, 0.717) is 11.3 Å². The summed E-state index contributed by atoms with van der Waals surface area (Å²) in [5, 5.41) is 12.2. The van der Waals surface area contributed by atoms with Crippen molar-refractivity contribution in [3.63, 3.8) is 0 Å². The van der Waals surface area contributed by atoms with E-state index in [9.17, 15) is 4.79 Å². The van der Waals surface area contributed by atoms with E-state index in [1.807, 2.05) is 41.3 Å². The van der Waals surface area contributed by atoms with Gasteiger partial charge in [-0.3, -0.25) is 9.69 Å². The molecule has 0 aromatic heterocycles. The van der Waals surface area contributed by atoms with Gasteiger partial charge in [-0.05, 0) is 17.7 Å². The van der Waals surface area contributed by atoms with Gasteiger partial charge in [0, 0.05) is 32.7 Å². The first-order valence-electron chi connectivity index (χ1n) is 9.21. The molecule has 0 spiro atoms. The van der Waals surface area contributed by atoms with Crippen molar-refractivity contribution < 1.29 is 4.79 Å². The molecule has 0 atom stereocenters. The Bertz CT molecular complexity index is 818. The maximum absolute atomic E-state index is 12.4. The van der Waals surface area contributed by atoms with Crippen LogP contribution in [0.25, 0.3) is 6.08 Å². The number of nitrogens with one attached hydrogen (secondary N) is 1. The van der Waals surface area contributed by atoms with Crippen molar-refractivity contribution in [3.05, 3.63) is 71.8 Å². The van der Waals surface area contributed by atoms with Gasteiger partial charge in [-0.15, -0.1) is 0 Å². The Labute approximate surface area is 160 Å². The van der Waals surface area contributed by atoms with Crippen LogP contribution in [0, 0.1) is 11.3 Å². The van der Waals surface area contributed by atoms with Crippen molar-refractivity contribution in [2.24, 2.45) is 0 Å². The van der Waals surface area contributed by atoms with Gasteiger partial charge in [0.05, 0.1) is 17.8 Å². The Morgan fingerprint density at radius 3 is 2.48 bits per heavy atom. The predicted octanol–water partition coefficient (Wildman–Crippen LogP) is 2.83. The average Bonchev–Trinajstić information content (AvgIpc) is 2.73. The van der Waals surface area contributed by atoms with E-state index < -0.39 is 0 Å². The fourth-order valence-electron chi connectivity index (χ4n) is 3.10. The van der Waals surface area contributed by atoms with Gasteiger partial charge >= 0.3 is 0 Å². The number of carbonyl (C=O) groups excluding carboxylic acids is 1. The largest absolute Gasteiger partial charge is 0.375 e. The SMILES string of the molecule is N#Cc1ccccc1NCC(=O)N1CCN(C/C=C/c2ccccc2)CC1. The lowest BCUT2D eigenvalue weighted by Gasteiger charge is -2.34. The zero-order chi connectivity index (χ0) is 18.9. The highest BCUT2D eigenvalue weighted by Crippen LogP contribution is 2.13. The van der Waals surface area contributed by atoms with Crippen LogP contribution in [-0.2, 0) is 4.79 Å².